The Hall–Kier alpha value is -2.47. The van der Waals surface area contributed by atoms with Crippen LogP contribution in [0.2, 0.25) is 0 Å². The van der Waals surface area contributed by atoms with E-state index in [0.29, 0.717) is 18.3 Å². The molecule has 0 aliphatic rings. The zero-order valence-corrected chi connectivity index (χ0v) is 13.7. The Morgan fingerprint density at radius 2 is 1.91 bits per heavy atom. The molecule has 2 aromatic heterocycles. The first-order chi connectivity index (χ1) is 11.1. The van der Waals surface area contributed by atoms with Crippen LogP contribution in [-0.4, -0.2) is 31.9 Å². The molecule has 0 radical (unpaired) electrons. The second-order valence-corrected chi connectivity index (χ2v) is 5.76. The van der Waals surface area contributed by atoms with E-state index in [-0.39, 0.29) is 0 Å². The summed E-state index contributed by atoms with van der Waals surface area (Å²) in [5, 5.41) is 8.25. The van der Waals surface area contributed by atoms with Gasteiger partial charge in [-0.05, 0) is 19.0 Å². The van der Waals surface area contributed by atoms with Gasteiger partial charge in [0.1, 0.15) is 0 Å². The van der Waals surface area contributed by atoms with Gasteiger partial charge in [0.15, 0.2) is 0 Å². The predicted molar refractivity (Wildman–Crippen MR) is 87.5 cm³/mol. The first-order valence-corrected chi connectivity index (χ1v) is 7.72. The van der Waals surface area contributed by atoms with Crippen LogP contribution in [0, 0.1) is 0 Å². The molecule has 0 saturated heterocycles. The molecule has 3 aromatic rings. The van der Waals surface area contributed by atoms with E-state index in [9.17, 15) is 0 Å². The number of nitrogens with zero attached hydrogens (tertiary/aromatic N) is 5. The van der Waals surface area contributed by atoms with Gasteiger partial charge in [-0.15, -0.1) is 0 Å². The molecule has 23 heavy (non-hydrogen) atoms. The lowest BCUT2D eigenvalue weighted by atomic mass is 10.1. The van der Waals surface area contributed by atoms with Gasteiger partial charge in [0, 0.05) is 30.9 Å². The Morgan fingerprint density at radius 3 is 2.57 bits per heavy atom. The van der Waals surface area contributed by atoms with E-state index < -0.39 is 0 Å². The maximum Gasteiger partial charge on any atom is 0.241 e. The molecule has 0 bridgehead atoms. The zero-order chi connectivity index (χ0) is 16.2. The third kappa shape index (κ3) is 3.84. The van der Waals surface area contributed by atoms with Crippen molar-refractivity contribution < 1.29 is 4.52 Å². The summed E-state index contributed by atoms with van der Waals surface area (Å²) in [6, 6.07) is 8.26. The Labute approximate surface area is 135 Å². The third-order valence-corrected chi connectivity index (χ3v) is 3.70. The van der Waals surface area contributed by atoms with Gasteiger partial charge in [-0.25, -0.2) is 0 Å². The number of benzene rings is 1. The maximum absolute atomic E-state index is 5.37. The van der Waals surface area contributed by atoms with E-state index in [0.717, 1.165) is 24.1 Å². The Morgan fingerprint density at radius 1 is 1.13 bits per heavy atom. The van der Waals surface area contributed by atoms with Crippen LogP contribution < -0.4 is 0 Å². The highest BCUT2D eigenvalue weighted by atomic mass is 16.5. The molecular formula is C17H21N5O. The van der Waals surface area contributed by atoms with Gasteiger partial charge in [-0.1, -0.05) is 36.3 Å². The van der Waals surface area contributed by atoms with Crippen molar-refractivity contribution in [1.82, 2.24) is 24.8 Å². The topological polar surface area (TPSA) is 60.0 Å². The summed E-state index contributed by atoms with van der Waals surface area (Å²) in [4.78, 5) is 6.60. The van der Waals surface area contributed by atoms with Crippen molar-refractivity contribution in [3.63, 3.8) is 0 Å². The normalized spacial score (nSPS) is 11.3. The molecule has 0 unspecified atom stereocenters. The molecule has 120 valence electrons. The SMILES string of the molecule is CCc1ccc(-c2noc(CN(C)Cc3cnn(C)c3)n2)cc1. The maximum atomic E-state index is 5.37. The van der Waals surface area contributed by atoms with Crippen molar-refractivity contribution in [1.29, 1.82) is 0 Å². The predicted octanol–water partition coefficient (Wildman–Crippen LogP) is 2.66. The highest BCUT2D eigenvalue weighted by Crippen LogP contribution is 2.17. The first-order valence-electron chi connectivity index (χ1n) is 7.72. The van der Waals surface area contributed by atoms with Crippen LogP contribution in [0.15, 0.2) is 41.2 Å². The van der Waals surface area contributed by atoms with Gasteiger partial charge in [0.25, 0.3) is 0 Å². The van der Waals surface area contributed by atoms with Crippen molar-refractivity contribution in [3.05, 3.63) is 53.7 Å². The van der Waals surface area contributed by atoms with Crippen molar-refractivity contribution in [2.75, 3.05) is 7.05 Å². The molecule has 6 heteroatoms. The Kier molecular flexibility index (Phi) is 4.52. The van der Waals surface area contributed by atoms with Crippen molar-refractivity contribution >= 4 is 0 Å². The van der Waals surface area contributed by atoms with Crippen LogP contribution in [0.4, 0.5) is 0 Å². The molecule has 0 spiro atoms. The number of hydrogen-bond acceptors (Lipinski definition) is 5. The van der Waals surface area contributed by atoms with E-state index in [1.54, 1.807) is 4.68 Å². The molecule has 0 fully saturated rings. The largest absolute Gasteiger partial charge is 0.338 e. The molecule has 0 saturated carbocycles. The molecule has 0 N–H and O–H groups in total. The lowest BCUT2D eigenvalue weighted by Crippen LogP contribution is -2.17. The summed E-state index contributed by atoms with van der Waals surface area (Å²) in [6.45, 7) is 3.53. The van der Waals surface area contributed by atoms with Crippen LogP contribution in [0.5, 0.6) is 0 Å². The standard InChI is InChI=1S/C17H21N5O/c1-4-13-5-7-15(8-6-13)17-19-16(23-20-17)12-21(2)10-14-9-18-22(3)11-14/h5-9,11H,4,10,12H2,1-3H3. The van der Waals surface area contributed by atoms with Gasteiger partial charge < -0.3 is 4.52 Å². The summed E-state index contributed by atoms with van der Waals surface area (Å²) in [5.74, 6) is 1.25. The van der Waals surface area contributed by atoms with E-state index in [1.807, 2.05) is 38.6 Å². The second kappa shape index (κ2) is 6.75. The monoisotopic (exact) mass is 311 g/mol. The summed E-state index contributed by atoms with van der Waals surface area (Å²) in [5.41, 5.74) is 3.44. The molecule has 0 atom stereocenters. The fourth-order valence-electron chi connectivity index (χ4n) is 2.48. The minimum absolute atomic E-state index is 0.606. The van der Waals surface area contributed by atoms with Crippen LogP contribution >= 0.6 is 0 Å². The van der Waals surface area contributed by atoms with E-state index >= 15 is 0 Å². The summed E-state index contributed by atoms with van der Waals surface area (Å²) >= 11 is 0. The van der Waals surface area contributed by atoms with Gasteiger partial charge in [-0.2, -0.15) is 10.1 Å². The quantitative estimate of drug-likeness (QED) is 0.700. The minimum atomic E-state index is 0.606. The number of aryl methyl sites for hydroxylation is 2. The van der Waals surface area contributed by atoms with E-state index in [4.69, 9.17) is 4.52 Å². The van der Waals surface area contributed by atoms with Gasteiger partial charge >= 0.3 is 0 Å². The second-order valence-electron chi connectivity index (χ2n) is 5.76. The molecule has 3 rings (SSSR count). The van der Waals surface area contributed by atoms with E-state index in [1.165, 1.54) is 5.56 Å². The van der Waals surface area contributed by atoms with Crippen LogP contribution in [0.25, 0.3) is 11.4 Å². The molecule has 1 aromatic carbocycles. The highest BCUT2D eigenvalue weighted by molar-refractivity contribution is 5.54. The molecule has 0 aliphatic carbocycles. The van der Waals surface area contributed by atoms with Gasteiger partial charge in [0.2, 0.25) is 11.7 Å². The average Bonchev–Trinajstić information content (AvgIpc) is 3.16. The fraction of sp³-hybridized carbons (Fsp3) is 0.353. The first kappa shape index (κ1) is 15.4. The van der Waals surface area contributed by atoms with Crippen molar-refractivity contribution in [3.8, 4) is 11.4 Å². The minimum Gasteiger partial charge on any atom is -0.338 e. The van der Waals surface area contributed by atoms with E-state index in [2.05, 4.69) is 39.2 Å². The smallest absolute Gasteiger partial charge is 0.241 e. The summed E-state index contributed by atoms with van der Waals surface area (Å²) in [6.07, 6.45) is 4.90. The number of aromatic nitrogens is 4. The third-order valence-electron chi connectivity index (χ3n) is 3.70. The molecule has 2 heterocycles. The van der Waals surface area contributed by atoms with Crippen LogP contribution in [-0.2, 0) is 26.6 Å². The van der Waals surface area contributed by atoms with Crippen molar-refractivity contribution in [2.45, 2.75) is 26.4 Å². The average molecular weight is 311 g/mol. The Balaban J connectivity index is 1.64. The fourth-order valence-corrected chi connectivity index (χ4v) is 2.48. The number of hydrogen-bond donors (Lipinski definition) is 0. The lowest BCUT2D eigenvalue weighted by Gasteiger charge is -2.12. The summed E-state index contributed by atoms with van der Waals surface area (Å²) in [7, 11) is 3.94. The number of rotatable bonds is 6. The van der Waals surface area contributed by atoms with Crippen LogP contribution in [0.3, 0.4) is 0 Å². The molecule has 0 aliphatic heterocycles. The summed E-state index contributed by atoms with van der Waals surface area (Å²) < 4.78 is 7.17. The zero-order valence-electron chi connectivity index (χ0n) is 13.7. The molecule has 6 nitrogen and oxygen atoms in total. The molecule has 0 amide bonds. The van der Waals surface area contributed by atoms with Crippen molar-refractivity contribution in [2.24, 2.45) is 7.05 Å². The lowest BCUT2D eigenvalue weighted by molar-refractivity contribution is 0.261. The van der Waals surface area contributed by atoms with Gasteiger partial charge in [-0.3, -0.25) is 9.58 Å². The molecular weight excluding hydrogens is 290 g/mol. The van der Waals surface area contributed by atoms with Gasteiger partial charge in [0.05, 0.1) is 12.7 Å². The van der Waals surface area contributed by atoms with Crippen LogP contribution in [0.1, 0.15) is 23.9 Å². The Bertz CT molecular complexity index is 759. The highest BCUT2D eigenvalue weighted by Gasteiger charge is 2.11.